The molecule has 0 atom stereocenters. The van der Waals surface area contributed by atoms with Crippen molar-refractivity contribution >= 4 is 10.0 Å². The second-order valence-corrected chi connectivity index (χ2v) is 6.13. The Balaban J connectivity index is 2.06. The van der Waals surface area contributed by atoms with Crippen molar-refractivity contribution in [1.82, 2.24) is 20.2 Å². The normalized spacial score (nSPS) is 11.8. The number of primary sulfonamides is 1. The molecule has 0 amide bonds. The first kappa shape index (κ1) is 14.5. The quantitative estimate of drug-likeness (QED) is 0.864. The van der Waals surface area contributed by atoms with Gasteiger partial charge in [-0.25, -0.2) is 17.9 Å². The molecule has 0 saturated carbocycles. The fraction of sp³-hybridized carbons (Fsp3) is 0.364. The monoisotopic (exact) mass is 299 g/mol. The maximum atomic E-state index is 13.2. The molecule has 108 valence electrons. The number of aryl methyl sites for hydroxylation is 2. The molecule has 0 fully saturated rings. The Hall–Kier alpha value is -1.87. The van der Waals surface area contributed by atoms with E-state index < -0.39 is 10.0 Å². The molecule has 0 bridgehead atoms. The molecule has 20 heavy (non-hydrogen) atoms. The highest BCUT2D eigenvalue weighted by Crippen LogP contribution is 2.17. The lowest BCUT2D eigenvalue weighted by atomic mass is 10.1. The van der Waals surface area contributed by atoms with Gasteiger partial charge in [0.15, 0.2) is 0 Å². The third kappa shape index (κ3) is 3.81. The van der Waals surface area contributed by atoms with E-state index in [9.17, 15) is 12.8 Å². The maximum absolute atomic E-state index is 13.2. The maximum Gasteiger partial charge on any atom is 0.209 e. The fourth-order valence-corrected chi connectivity index (χ4v) is 2.18. The van der Waals surface area contributed by atoms with Gasteiger partial charge < -0.3 is 0 Å². The lowest BCUT2D eigenvalue weighted by Crippen LogP contribution is -2.18. The number of halogens is 1. The van der Waals surface area contributed by atoms with Crippen LogP contribution in [0, 0.1) is 12.7 Å². The van der Waals surface area contributed by atoms with E-state index in [0.29, 0.717) is 29.9 Å². The summed E-state index contributed by atoms with van der Waals surface area (Å²) in [6, 6.07) is 4.53. The minimum Gasteiger partial charge on any atom is -0.229 e. The molecule has 0 unspecified atom stereocenters. The Kier molecular flexibility index (Phi) is 4.09. The number of tetrazole rings is 1. The molecule has 0 aliphatic heterocycles. The highest BCUT2D eigenvalue weighted by Gasteiger charge is 2.09. The van der Waals surface area contributed by atoms with E-state index in [1.54, 1.807) is 19.1 Å². The molecule has 0 aliphatic rings. The number of benzene rings is 1. The van der Waals surface area contributed by atoms with E-state index in [1.165, 1.54) is 10.9 Å². The largest absolute Gasteiger partial charge is 0.229 e. The second kappa shape index (κ2) is 5.63. The summed E-state index contributed by atoms with van der Waals surface area (Å²) in [6.07, 6.45) is 0.303. The molecule has 0 aliphatic carbocycles. The number of hydrogen-bond acceptors (Lipinski definition) is 5. The standard InChI is InChI=1S/C11H14FN5O2S/c1-8-7-9(3-4-10(8)12)11-14-16-17(15-11)5-2-6-20(13,18)19/h3-4,7H,2,5-6H2,1H3,(H2,13,18,19). The van der Waals surface area contributed by atoms with Crippen LogP contribution in [0.3, 0.4) is 0 Å². The Morgan fingerprint density at radius 1 is 1.40 bits per heavy atom. The lowest BCUT2D eigenvalue weighted by molar-refractivity contribution is 0.511. The van der Waals surface area contributed by atoms with E-state index in [0.717, 1.165) is 0 Å². The van der Waals surface area contributed by atoms with Gasteiger partial charge in [0.1, 0.15) is 5.82 Å². The van der Waals surface area contributed by atoms with Crippen LogP contribution in [0.2, 0.25) is 0 Å². The number of sulfonamides is 1. The van der Waals surface area contributed by atoms with Crippen molar-refractivity contribution in [2.75, 3.05) is 5.75 Å². The van der Waals surface area contributed by atoms with Gasteiger partial charge in [0.25, 0.3) is 0 Å². The lowest BCUT2D eigenvalue weighted by Gasteiger charge is -1.99. The first-order valence-corrected chi connectivity index (χ1v) is 7.61. The van der Waals surface area contributed by atoms with Crippen LogP contribution in [-0.2, 0) is 16.6 Å². The minimum absolute atomic E-state index is 0.139. The average molecular weight is 299 g/mol. The summed E-state index contributed by atoms with van der Waals surface area (Å²) in [7, 11) is -3.48. The molecule has 2 aromatic rings. The predicted octanol–water partition coefficient (Wildman–Crippen LogP) is 0.466. The van der Waals surface area contributed by atoms with Crippen LogP contribution < -0.4 is 5.14 Å². The van der Waals surface area contributed by atoms with Gasteiger partial charge in [0.05, 0.1) is 12.3 Å². The van der Waals surface area contributed by atoms with Crippen molar-refractivity contribution in [1.29, 1.82) is 0 Å². The fourth-order valence-electron chi connectivity index (χ4n) is 1.64. The van der Waals surface area contributed by atoms with Crippen molar-refractivity contribution < 1.29 is 12.8 Å². The van der Waals surface area contributed by atoms with Crippen LogP contribution in [0.5, 0.6) is 0 Å². The number of aromatic nitrogens is 4. The molecule has 1 aromatic carbocycles. The summed E-state index contributed by atoms with van der Waals surface area (Å²) >= 11 is 0. The first-order chi connectivity index (χ1) is 9.35. The molecular formula is C11H14FN5O2S. The van der Waals surface area contributed by atoms with Gasteiger partial charge in [-0.3, -0.25) is 0 Å². The molecule has 0 saturated heterocycles. The van der Waals surface area contributed by atoms with E-state index in [1.807, 2.05) is 0 Å². The van der Waals surface area contributed by atoms with E-state index in [2.05, 4.69) is 15.4 Å². The Labute approximate surface area is 115 Å². The molecule has 1 aromatic heterocycles. The van der Waals surface area contributed by atoms with Crippen molar-refractivity contribution in [2.24, 2.45) is 5.14 Å². The molecule has 2 N–H and O–H groups in total. The summed E-state index contributed by atoms with van der Waals surface area (Å²) in [5, 5.41) is 16.7. The van der Waals surface area contributed by atoms with Crippen molar-refractivity contribution in [3.05, 3.63) is 29.6 Å². The Morgan fingerprint density at radius 2 is 2.15 bits per heavy atom. The number of rotatable bonds is 5. The van der Waals surface area contributed by atoms with Crippen molar-refractivity contribution in [3.63, 3.8) is 0 Å². The van der Waals surface area contributed by atoms with Gasteiger partial charge in [-0.15, -0.1) is 10.2 Å². The number of nitrogens with two attached hydrogens (primary N) is 1. The van der Waals surface area contributed by atoms with Crippen LogP contribution in [0.25, 0.3) is 11.4 Å². The molecule has 0 spiro atoms. The highest BCUT2D eigenvalue weighted by molar-refractivity contribution is 7.89. The van der Waals surface area contributed by atoms with Crippen LogP contribution >= 0.6 is 0 Å². The summed E-state index contributed by atoms with van der Waals surface area (Å²) in [4.78, 5) is 1.29. The smallest absolute Gasteiger partial charge is 0.209 e. The highest BCUT2D eigenvalue weighted by atomic mass is 32.2. The van der Waals surface area contributed by atoms with E-state index in [4.69, 9.17) is 5.14 Å². The van der Waals surface area contributed by atoms with Crippen molar-refractivity contribution in [3.8, 4) is 11.4 Å². The van der Waals surface area contributed by atoms with Gasteiger partial charge in [0.2, 0.25) is 15.8 Å². The first-order valence-electron chi connectivity index (χ1n) is 5.90. The molecule has 2 rings (SSSR count). The van der Waals surface area contributed by atoms with Crippen LogP contribution in [0.1, 0.15) is 12.0 Å². The van der Waals surface area contributed by atoms with Gasteiger partial charge >= 0.3 is 0 Å². The summed E-state index contributed by atoms with van der Waals surface area (Å²) in [5.74, 6) is -0.0718. The molecule has 0 radical (unpaired) electrons. The third-order valence-corrected chi connectivity index (χ3v) is 3.51. The molecular weight excluding hydrogens is 285 g/mol. The van der Waals surface area contributed by atoms with E-state index in [-0.39, 0.29) is 11.6 Å². The van der Waals surface area contributed by atoms with Gasteiger partial charge in [0, 0.05) is 5.56 Å². The van der Waals surface area contributed by atoms with Gasteiger partial charge in [-0.2, -0.15) is 4.80 Å². The van der Waals surface area contributed by atoms with Gasteiger partial charge in [-0.05, 0) is 42.3 Å². The summed E-state index contributed by atoms with van der Waals surface area (Å²) in [5.41, 5.74) is 1.15. The summed E-state index contributed by atoms with van der Waals surface area (Å²) < 4.78 is 34.8. The van der Waals surface area contributed by atoms with Crippen LogP contribution in [0.4, 0.5) is 4.39 Å². The topological polar surface area (TPSA) is 104 Å². The van der Waals surface area contributed by atoms with Crippen molar-refractivity contribution in [2.45, 2.75) is 19.9 Å². The van der Waals surface area contributed by atoms with Crippen LogP contribution in [-0.4, -0.2) is 34.4 Å². The molecule has 9 heteroatoms. The average Bonchev–Trinajstić information content (AvgIpc) is 2.80. The zero-order valence-corrected chi connectivity index (χ0v) is 11.6. The summed E-state index contributed by atoms with van der Waals surface area (Å²) in [6.45, 7) is 1.94. The Bertz CT molecular complexity index is 713. The van der Waals surface area contributed by atoms with E-state index >= 15 is 0 Å². The minimum atomic E-state index is -3.48. The predicted molar refractivity (Wildman–Crippen MR) is 70.5 cm³/mol. The SMILES string of the molecule is Cc1cc(-c2nnn(CCCS(N)(=O)=O)n2)ccc1F. The molecule has 1 heterocycles. The number of hydrogen-bond donors (Lipinski definition) is 1. The molecule has 7 nitrogen and oxygen atoms in total. The third-order valence-electron chi connectivity index (χ3n) is 2.66. The number of nitrogens with zero attached hydrogens (tertiary/aromatic N) is 4. The second-order valence-electron chi connectivity index (χ2n) is 4.39. The van der Waals surface area contributed by atoms with Gasteiger partial charge in [-0.1, -0.05) is 0 Å². The van der Waals surface area contributed by atoms with Crippen LogP contribution in [0.15, 0.2) is 18.2 Å². The Morgan fingerprint density at radius 3 is 2.80 bits per heavy atom. The zero-order chi connectivity index (χ0) is 14.8. The zero-order valence-electron chi connectivity index (χ0n) is 10.8.